The molecule has 158 valence electrons. The summed E-state index contributed by atoms with van der Waals surface area (Å²) >= 11 is 0. The highest BCUT2D eigenvalue weighted by Gasteiger charge is 2.26. The molecule has 1 N–H and O–H groups in total. The molecule has 0 radical (unpaired) electrons. The van der Waals surface area contributed by atoms with Crippen molar-refractivity contribution in [3.05, 3.63) is 70.5 Å². The summed E-state index contributed by atoms with van der Waals surface area (Å²) in [6.45, 7) is 3.69. The molecule has 0 spiro atoms. The molecule has 0 unspecified atom stereocenters. The minimum Gasteiger partial charge on any atom is -0.377 e. The Kier molecular flexibility index (Phi) is 6.10. The first-order valence-corrected chi connectivity index (χ1v) is 10.4. The Balaban J connectivity index is 1.48. The molecule has 7 heteroatoms. The van der Waals surface area contributed by atoms with E-state index < -0.39 is 0 Å². The summed E-state index contributed by atoms with van der Waals surface area (Å²) in [5, 5.41) is 17.7. The number of benzene rings is 2. The molecule has 1 aliphatic heterocycles. The van der Waals surface area contributed by atoms with Crippen LogP contribution in [0.5, 0.6) is 0 Å². The Labute approximate surface area is 181 Å². The van der Waals surface area contributed by atoms with Gasteiger partial charge >= 0.3 is 0 Å². The fourth-order valence-electron chi connectivity index (χ4n) is 4.16. The number of methoxy groups -OCH3 is 1. The third kappa shape index (κ3) is 4.35. The number of nitrogens with one attached hydrogen (secondary N) is 1. The molecule has 1 aliphatic rings. The second-order valence-corrected chi connectivity index (χ2v) is 7.85. The van der Waals surface area contributed by atoms with Crippen LogP contribution in [0.1, 0.15) is 51.6 Å². The van der Waals surface area contributed by atoms with Gasteiger partial charge in [0.25, 0.3) is 5.91 Å². The molecule has 7 nitrogen and oxygen atoms in total. The molecule has 31 heavy (non-hydrogen) atoms. The average molecular weight is 415 g/mol. The number of carbonyl (C=O) groups is 1. The molecule has 3 aromatic rings. The number of rotatable bonds is 5. The number of piperidine rings is 1. The number of ether oxygens (including phenoxy) is 1. The fourth-order valence-corrected chi connectivity index (χ4v) is 4.16. The van der Waals surface area contributed by atoms with Crippen molar-refractivity contribution in [1.82, 2.24) is 20.1 Å². The number of nitrogens with zero attached hydrogens (tertiary/aromatic N) is 4. The first kappa shape index (κ1) is 20.8. The van der Waals surface area contributed by atoms with E-state index in [1.54, 1.807) is 7.11 Å². The van der Waals surface area contributed by atoms with Gasteiger partial charge in [-0.05, 0) is 55.0 Å². The fraction of sp³-hybridized carbons (Fsp3) is 0.333. The van der Waals surface area contributed by atoms with Gasteiger partial charge in [-0.1, -0.05) is 24.3 Å². The van der Waals surface area contributed by atoms with Crippen molar-refractivity contribution in [3.63, 3.8) is 0 Å². The second-order valence-electron chi connectivity index (χ2n) is 7.85. The Morgan fingerprint density at radius 1 is 1.23 bits per heavy atom. The molecule has 1 saturated heterocycles. The van der Waals surface area contributed by atoms with Gasteiger partial charge in [0.05, 0.1) is 11.6 Å². The van der Waals surface area contributed by atoms with E-state index in [1.807, 2.05) is 54.3 Å². The lowest BCUT2D eigenvalue weighted by Crippen LogP contribution is -2.38. The molecule has 2 heterocycles. The zero-order valence-electron chi connectivity index (χ0n) is 17.8. The van der Waals surface area contributed by atoms with Gasteiger partial charge in [0.15, 0.2) is 11.6 Å². The van der Waals surface area contributed by atoms with Crippen molar-refractivity contribution in [3.8, 4) is 17.5 Å². The number of nitriles is 1. The first-order valence-electron chi connectivity index (χ1n) is 10.4. The topological polar surface area (TPSA) is 94.9 Å². The number of aromatic amines is 1. The minimum absolute atomic E-state index is 0.0184. The molecular formula is C24H25N5O2. The minimum atomic E-state index is 0.0184. The Morgan fingerprint density at radius 3 is 2.74 bits per heavy atom. The maximum absolute atomic E-state index is 13.2. The summed E-state index contributed by atoms with van der Waals surface area (Å²) in [7, 11) is 1.61. The van der Waals surface area contributed by atoms with Crippen LogP contribution in [0.25, 0.3) is 11.4 Å². The molecular weight excluding hydrogens is 390 g/mol. The zero-order chi connectivity index (χ0) is 21.8. The van der Waals surface area contributed by atoms with E-state index in [0.29, 0.717) is 42.8 Å². The lowest BCUT2D eigenvalue weighted by atomic mass is 9.86. The smallest absolute Gasteiger partial charge is 0.253 e. The van der Waals surface area contributed by atoms with Crippen LogP contribution in [0.15, 0.2) is 42.5 Å². The SMILES string of the molecule is COCc1nnc(-c2cc(C(=O)N3CCC(c4ccccc4C#N)CC3)ccc2C)[nH]1. The molecule has 0 saturated carbocycles. The summed E-state index contributed by atoms with van der Waals surface area (Å²) in [5.41, 5.74) is 4.34. The Hall–Kier alpha value is -3.50. The van der Waals surface area contributed by atoms with Crippen LogP contribution >= 0.6 is 0 Å². The van der Waals surface area contributed by atoms with Gasteiger partial charge in [0.1, 0.15) is 6.61 Å². The van der Waals surface area contributed by atoms with Crippen molar-refractivity contribution < 1.29 is 9.53 Å². The molecule has 4 rings (SSSR count). The van der Waals surface area contributed by atoms with Crippen LogP contribution in [0.4, 0.5) is 0 Å². The predicted molar refractivity (Wildman–Crippen MR) is 116 cm³/mol. The van der Waals surface area contributed by atoms with Crippen LogP contribution in [-0.2, 0) is 11.3 Å². The highest BCUT2D eigenvalue weighted by atomic mass is 16.5. The third-order valence-corrected chi connectivity index (χ3v) is 5.86. The molecule has 0 aliphatic carbocycles. The molecule has 1 aromatic heterocycles. The maximum Gasteiger partial charge on any atom is 0.253 e. The molecule has 2 aromatic carbocycles. The number of amides is 1. The maximum atomic E-state index is 13.2. The summed E-state index contributed by atoms with van der Waals surface area (Å²) in [6.07, 6.45) is 1.71. The van der Waals surface area contributed by atoms with Gasteiger partial charge in [-0.15, -0.1) is 10.2 Å². The lowest BCUT2D eigenvalue weighted by Gasteiger charge is -2.32. The molecule has 0 atom stereocenters. The lowest BCUT2D eigenvalue weighted by molar-refractivity contribution is 0.0713. The van der Waals surface area contributed by atoms with Gasteiger partial charge in [0.2, 0.25) is 0 Å². The van der Waals surface area contributed by atoms with Crippen molar-refractivity contribution in [1.29, 1.82) is 5.26 Å². The normalized spacial score (nSPS) is 14.4. The number of aryl methyl sites for hydroxylation is 1. The van der Waals surface area contributed by atoms with Crippen LogP contribution in [0.3, 0.4) is 0 Å². The van der Waals surface area contributed by atoms with Crippen molar-refractivity contribution in [2.45, 2.75) is 32.3 Å². The van der Waals surface area contributed by atoms with E-state index >= 15 is 0 Å². The van der Waals surface area contributed by atoms with Gasteiger partial charge in [-0.3, -0.25) is 4.79 Å². The van der Waals surface area contributed by atoms with E-state index in [4.69, 9.17) is 4.74 Å². The first-order chi connectivity index (χ1) is 15.1. The molecule has 0 bridgehead atoms. The number of aromatic nitrogens is 3. The standard InChI is InChI=1S/C24H25N5O2/c1-16-7-8-18(13-21(16)23-26-22(15-31-2)27-28-23)24(30)29-11-9-17(10-12-29)20-6-4-3-5-19(20)14-25/h3-8,13,17H,9-12,15H2,1-2H3,(H,26,27,28). The van der Waals surface area contributed by atoms with Crippen LogP contribution < -0.4 is 0 Å². The van der Waals surface area contributed by atoms with Gasteiger partial charge in [-0.25, -0.2) is 0 Å². The summed E-state index contributed by atoms with van der Waals surface area (Å²) < 4.78 is 5.09. The zero-order valence-corrected chi connectivity index (χ0v) is 17.8. The second kappa shape index (κ2) is 9.11. The largest absolute Gasteiger partial charge is 0.377 e. The van der Waals surface area contributed by atoms with Gasteiger partial charge in [-0.2, -0.15) is 5.26 Å². The van der Waals surface area contributed by atoms with Gasteiger partial charge in [0, 0.05) is 31.3 Å². The van der Waals surface area contributed by atoms with Crippen LogP contribution in [0, 0.1) is 18.3 Å². The third-order valence-electron chi connectivity index (χ3n) is 5.86. The Morgan fingerprint density at radius 2 is 2.00 bits per heavy atom. The van der Waals surface area contributed by atoms with E-state index in [9.17, 15) is 10.1 Å². The van der Waals surface area contributed by atoms with E-state index in [1.165, 1.54) is 0 Å². The number of hydrogen-bond donors (Lipinski definition) is 1. The number of carbonyl (C=O) groups excluding carboxylic acids is 1. The van der Waals surface area contributed by atoms with E-state index in [-0.39, 0.29) is 5.91 Å². The highest BCUT2D eigenvalue weighted by Crippen LogP contribution is 2.31. The van der Waals surface area contributed by atoms with E-state index in [0.717, 1.165) is 35.1 Å². The summed E-state index contributed by atoms with van der Waals surface area (Å²) in [6, 6.07) is 15.7. The van der Waals surface area contributed by atoms with E-state index in [2.05, 4.69) is 21.3 Å². The molecule has 1 fully saturated rings. The monoisotopic (exact) mass is 415 g/mol. The highest BCUT2D eigenvalue weighted by molar-refractivity contribution is 5.95. The average Bonchev–Trinajstić information content (AvgIpc) is 3.27. The Bertz CT molecular complexity index is 1120. The summed E-state index contributed by atoms with van der Waals surface area (Å²) in [4.78, 5) is 18.2. The van der Waals surface area contributed by atoms with Crippen molar-refractivity contribution >= 4 is 5.91 Å². The van der Waals surface area contributed by atoms with Crippen molar-refractivity contribution in [2.75, 3.05) is 20.2 Å². The predicted octanol–water partition coefficient (Wildman–Crippen LogP) is 3.82. The summed E-state index contributed by atoms with van der Waals surface area (Å²) in [5.74, 6) is 1.60. The number of likely N-dealkylation sites (tertiary alicyclic amines) is 1. The van der Waals surface area contributed by atoms with Crippen molar-refractivity contribution in [2.24, 2.45) is 0 Å². The quantitative estimate of drug-likeness (QED) is 0.684. The number of H-pyrrole nitrogens is 1. The van der Waals surface area contributed by atoms with Crippen LogP contribution in [-0.4, -0.2) is 46.2 Å². The van der Waals surface area contributed by atoms with Crippen LogP contribution in [0.2, 0.25) is 0 Å². The number of hydrogen-bond acceptors (Lipinski definition) is 5. The molecule has 1 amide bonds. The van der Waals surface area contributed by atoms with Gasteiger partial charge < -0.3 is 14.6 Å².